The molecule has 1 rings (SSSR count). The molecule has 0 radical (unpaired) electrons. The molecule has 0 aliphatic carbocycles. The van der Waals surface area contributed by atoms with Gasteiger partial charge in [0.25, 0.3) is 0 Å². The summed E-state index contributed by atoms with van der Waals surface area (Å²) in [4.78, 5) is 18.7. The first-order valence-corrected chi connectivity index (χ1v) is 5.26. The van der Waals surface area contributed by atoms with Crippen LogP contribution in [0.3, 0.4) is 0 Å². The van der Waals surface area contributed by atoms with Crippen LogP contribution >= 0.6 is 23.4 Å². The van der Waals surface area contributed by atoms with Crippen molar-refractivity contribution in [3.8, 4) is 0 Å². The van der Waals surface area contributed by atoms with Gasteiger partial charge in [-0.1, -0.05) is 11.6 Å². The zero-order valence-electron chi connectivity index (χ0n) is 6.95. The SMILES string of the molecule is CSCC(=O)Nc1nccnc1Cl. The van der Waals surface area contributed by atoms with E-state index in [1.54, 1.807) is 0 Å². The summed E-state index contributed by atoms with van der Waals surface area (Å²) in [5.74, 6) is 0.561. The van der Waals surface area contributed by atoms with Crippen LogP contribution in [0.15, 0.2) is 12.4 Å². The van der Waals surface area contributed by atoms with E-state index in [-0.39, 0.29) is 11.1 Å². The number of thioether (sulfide) groups is 1. The summed E-state index contributed by atoms with van der Waals surface area (Å²) in [5, 5.41) is 2.75. The largest absolute Gasteiger partial charge is 0.307 e. The third-order valence-corrected chi connectivity index (χ3v) is 2.01. The van der Waals surface area contributed by atoms with Gasteiger partial charge in [-0.05, 0) is 6.26 Å². The molecule has 0 unspecified atom stereocenters. The van der Waals surface area contributed by atoms with Crippen molar-refractivity contribution >= 4 is 35.1 Å². The van der Waals surface area contributed by atoms with Crippen molar-refractivity contribution in [3.63, 3.8) is 0 Å². The van der Waals surface area contributed by atoms with Gasteiger partial charge in [-0.3, -0.25) is 4.79 Å². The predicted molar refractivity (Wildman–Crippen MR) is 54.1 cm³/mol. The molecule has 0 aliphatic rings. The first kappa shape index (κ1) is 10.3. The van der Waals surface area contributed by atoms with Gasteiger partial charge in [-0.15, -0.1) is 0 Å². The fourth-order valence-electron chi connectivity index (χ4n) is 0.704. The number of halogens is 1. The molecule has 0 aliphatic heterocycles. The Labute approximate surface area is 85.1 Å². The number of hydrogen-bond acceptors (Lipinski definition) is 4. The van der Waals surface area contributed by atoms with Crippen molar-refractivity contribution in [1.82, 2.24) is 9.97 Å². The second-order valence-electron chi connectivity index (χ2n) is 2.18. The molecule has 1 aromatic heterocycles. The van der Waals surface area contributed by atoms with Crippen LogP contribution < -0.4 is 5.32 Å². The van der Waals surface area contributed by atoms with E-state index in [9.17, 15) is 4.79 Å². The maximum Gasteiger partial charge on any atom is 0.235 e. The summed E-state index contributed by atoms with van der Waals surface area (Å²) in [5.41, 5.74) is 0. The van der Waals surface area contributed by atoms with Crippen molar-refractivity contribution in [3.05, 3.63) is 17.5 Å². The molecular formula is C7H8ClN3OS. The fourth-order valence-corrected chi connectivity index (χ4v) is 1.19. The number of anilines is 1. The predicted octanol–water partition coefficient (Wildman–Crippen LogP) is 1.43. The highest BCUT2D eigenvalue weighted by Crippen LogP contribution is 2.13. The second-order valence-corrected chi connectivity index (χ2v) is 3.40. The molecular weight excluding hydrogens is 210 g/mol. The average molecular weight is 218 g/mol. The Morgan fingerprint density at radius 1 is 1.62 bits per heavy atom. The molecule has 1 N–H and O–H groups in total. The maximum absolute atomic E-state index is 11.1. The monoisotopic (exact) mass is 217 g/mol. The Hall–Kier alpha value is -0.810. The zero-order valence-corrected chi connectivity index (χ0v) is 8.52. The van der Waals surface area contributed by atoms with Crippen molar-refractivity contribution in [1.29, 1.82) is 0 Å². The number of amides is 1. The van der Waals surface area contributed by atoms with E-state index in [0.717, 1.165) is 0 Å². The number of carbonyl (C=O) groups excluding carboxylic acids is 1. The lowest BCUT2D eigenvalue weighted by Gasteiger charge is -2.02. The smallest absolute Gasteiger partial charge is 0.235 e. The van der Waals surface area contributed by atoms with E-state index in [1.807, 2.05) is 6.26 Å². The van der Waals surface area contributed by atoms with E-state index >= 15 is 0 Å². The van der Waals surface area contributed by atoms with Gasteiger partial charge in [-0.2, -0.15) is 11.8 Å². The fraction of sp³-hybridized carbons (Fsp3) is 0.286. The number of carbonyl (C=O) groups is 1. The normalized spacial score (nSPS) is 9.69. The molecule has 0 fully saturated rings. The summed E-state index contributed by atoms with van der Waals surface area (Å²) in [6, 6.07) is 0. The first-order valence-electron chi connectivity index (χ1n) is 3.49. The standard InChI is InChI=1S/C7H8ClN3OS/c1-13-4-5(12)11-7-6(8)9-2-3-10-7/h2-3H,4H2,1H3,(H,10,11,12). The molecule has 4 nitrogen and oxygen atoms in total. The minimum atomic E-state index is -0.130. The average Bonchev–Trinajstić information content (AvgIpc) is 2.09. The van der Waals surface area contributed by atoms with Crippen molar-refractivity contribution in [2.75, 3.05) is 17.3 Å². The lowest BCUT2D eigenvalue weighted by Crippen LogP contribution is -2.15. The van der Waals surface area contributed by atoms with E-state index in [4.69, 9.17) is 11.6 Å². The van der Waals surface area contributed by atoms with Crippen LogP contribution in [0.5, 0.6) is 0 Å². The van der Waals surface area contributed by atoms with Crippen LogP contribution in [0.2, 0.25) is 5.15 Å². The number of nitrogens with zero attached hydrogens (tertiary/aromatic N) is 2. The Kier molecular flexibility index (Phi) is 3.98. The highest BCUT2D eigenvalue weighted by Gasteiger charge is 2.05. The van der Waals surface area contributed by atoms with Crippen molar-refractivity contribution < 1.29 is 4.79 Å². The highest BCUT2D eigenvalue weighted by molar-refractivity contribution is 7.99. The Bertz CT molecular complexity index is 308. The number of hydrogen-bond donors (Lipinski definition) is 1. The van der Waals surface area contributed by atoms with Gasteiger partial charge in [0.1, 0.15) is 0 Å². The summed E-state index contributed by atoms with van der Waals surface area (Å²) in [7, 11) is 0. The highest BCUT2D eigenvalue weighted by atomic mass is 35.5. The Balaban J connectivity index is 2.63. The van der Waals surface area contributed by atoms with Gasteiger partial charge in [0, 0.05) is 12.4 Å². The summed E-state index contributed by atoms with van der Waals surface area (Å²) in [6.45, 7) is 0. The van der Waals surface area contributed by atoms with Gasteiger partial charge in [0.15, 0.2) is 11.0 Å². The Morgan fingerprint density at radius 3 is 2.92 bits per heavy atom. The summed E-state index contributed by atoms with van der Waals surface area (Å²) >= 11 is 7.10. The first-order chi connectivity index (χ1) is 6.24. The zero-order chi connectivity index (χ0) is 9.68. The van der Waals surface area contributed by atoms with Crippen LogP contribution in [0.4, 0.5) is 5.82 Å². The van der Waals surface area contributed by atoms with Crippen LogP contribution in [0, 0.1) is 0 Å². The van der Waals surface area contributed by atoms with Crippen LogP contribution in [-0.4, -0.2) is 27.9 Å². The molecule has 0 saturated carbocycles. The second kappa shape index (κ2) is 5.04. The summed E-state index contributed by atoms with van der Waals surface area (Å²) < 4.78 is 0. The van der Waals surface area contributed by atoms with Gasteiger partial charge < -0.3 is 5.32 Å². The van der Waals surface area contributed by atoms with Crippen molar-refractivity contribution in [2.45, 2.75) is 0 Å². The molecule has 6 heteroatoms. The molecule has 1 amide bonds. The minimum absolute atomic E-state index is 0.130. The third-order valence-electron chi connectivity index (χ3n) is 1.19. The molecule has 0 saturated heterocycles. The molecule has 0 aromatic carbocycles. The summed E-state index contributed by atoms with van der Waals surface area (Å²) in [6.07, 6.45) is 4.78. The van der Waals surface area contributed by atoms with E-state index in [1.165, 1.54) is 24.2 Å². The van der Waals surface area contributed by atoms with Gasteiger partial charge in [0.05, 0.1) is 5.75 Å². The van der Waals surface area contributed by atoms with Crippen LogP contribution in [0.1, 0.15) is 0 Å². The molecule has 0 atom stereocenters. The molecule has 0 bridgehead atoms. The van der Waals surface area contributed by atoms with Crippen LogP contribution in [-0.2, 0) is 4.79 Å². The van der Waals surface area contributed by atoms with E-state index in [0.29, 0.717) is 11.6 Å². The molecule has 70 valence electrons. The van der Waals surface area contributed by atoms with Crippen LogP contribution in [0.25, 0.3) is 0 Å². The lowest BCUT2D eigenvalue weighted by atomic mass is 10.6. The van der Waals surface area contributed by atoms with E-state index < -0.39 is 0 Å². The topological polar surface area (TPSA) is 54.9 Å². The molecule has 1 aromatic rings. The quantitative estimate of drug-likeness (QED) is 0.833. The number of aromatic nitrogens is 2. The molecule has 13 heavy (non-hydrogen) atoms. The van der Waals surface area contributed by atoms with Gasteiger partial charge in [0.2, 0.25) is 5.91 Å². The minimum Gasteiger partial charge on any atom is -0.307 e. The number of rotatable bonds is 3. The van der Waals surface area contributed by atoms with Gasteiger partial charge >= 0.3 is 0 Å². The maximum atomic E-state index is 11.1. The molecule has 1 heterocycles. The van der Waals surface area contributed by atoms with Crippen molar-refractivity contribution in [2.24, 2.45) is 0 Å². The van der Waals surface area contributed by atoms with E-state index in [2.05, 4.69) is 15.3 Å². The number of nitrogens with one attached hydrogen (secondary N) is 1. The lowest BCUT2D eigenvalue weighted by molar-refractivity contribution is -0.113. The van der Waals surface area contributed by atoms with Gasteiger partial charge in [-0.25, -0.2) is 9.97 Å². The third kappa shape index (κ3) is 3.20. The molecule has 0 spiro atoms. The Morgan fingerprint density at radius 2 is 2.31 bits per heavy atom.